The third-order valence-corrected chi connectivity index (χ3v) is 4.41. The summed E-state index contributed by atoms with van der Waals surface area (Å²) in [6.07, 6.45) is 2.49. The molecule has 0 aliphatic rings. The molecule has 0 aromatic heterocycles. The largest absolute Gasteiger partial charge is 0.379 e. The Kier molecular flexibility index (Phi) is 18.5. The van der Waals surface area contributed by atoms with Gasteiger partial charge in [0, 0.05) is 20.2 Å². The molecule has 0 radical (unpaired) electrons. The second-order valence-electron chi connectivity index (χ2n) is 9.12. The van der Waals surface area contributed by atoms with Crippen molar-refractivity contribution >= 4 is 5.91 Å². The molecule has 1 amide bonds. The Balaban J connectivity index is 3.24. The fourth-order valence-corrected chi connectivity index (χ4v) is 2.29. The molecule has 0 unspecified atom stereocenters. The maximum absolute atomic E-state index is 11.9. The van der Waals surface area contributed by atoms with Crippen molar-refractivity contribution in [2.45, 2.75) is 53.9 Å². The van der Waals surface area contributed by atoms with E-state index in [-0.39, 0.29) is 5.91 Å². The van der Waals surface area contributed by atoms with E-state index in [2.05, 4.69) is 34.6 Å². The van der Waals surface area contributed by atoms with Crippen LogP contribution < -0.4 is 0 Å². The zero-order chi connectivity index (χ0) is 22.7. The van der Waals surface area contributed by atoms with E-state index in [0.29, 0.717) is 77.2 Å². The van der Waals surface area contributed by atoms with Gasteiger partial charge < -0.3 is 28.6 Å². The molecule has 0 fully saturated rings. The van der Waals surface area contributed by atoms with Gasteiger partial charge in [0.15, 0.2) is 0 Å². The first-order valence-electron chi connectivity index (χ1n) is 11.3. The lowest BCUT2D eigenvalue weighted by atomic mass is 9.93. The van der Waals surface area contributed by atoms with Gasteiger partial charge in [-0.05, 0) is 24.2 Å². The first kappa shape index (κ1) is 29.3. The summed E-state index contributed by atoms with van der Waals surface area (Å²) in [5, 5.41) is 0. The van der Waals surface area contributed by atoms with Gasteiger partial charge in [0.25, 0.3) is 0 Å². The minimum atomic E-state index is 0.128. The molecule has 0 bridgehead atoms. The Morgan fingerprint density at radius 2 is 1.13 bits per heavy atom. The van der Waals surface area contributed by atoms with Crippen molar-refractivity contribution in [1.29, 1.82) is 0 Å². The highest BCUT2D eigenvalue weighted by Crippen LogP contribution is 2.17. The van der Waals surface area contributed by atoms with Crippen LogP contribution in [0.15, 0.2) is 0 Å². The van der Waals surface area contributed by atoms with Crippen molar-refractivity contribution in [3.8, 4) is 0 Å². The number of ether oxygens (including phenoxy) is 5. The summed E-state index contributed by atoms with van der Waals surface area (Å²) in [5.41, 5.74) is 0.311. The van der Waals surface area contributed by atoms with Crippen LogP contribution in [0.5, 0.6) is 0 Å². The Morgan fingerprint density at radius 1 is 0.733 bits per heavy atom. The Bertz CT molecular complexity index is 398. The molecular formula is C23H47NO6. The van der Waals surface area contributed by atoms with E-state index in [0.717, 1.165) is 26.0 Å². The lowest BCUT2D eigenvalue weighted by molar-refractivity contribution is -0.131. The SMILES string of the molecule is CC(C)CCN(C)C(=O)CCOCCOCCOCCOCCOCCC(C)(C)C. The molecule has 30 heavy (non-hydrogen) atoms. The highest BCUT2D eigenvalue weighted by molar-refractivity contribution is 5.75. The van der Waals surface area contributed by atoms with Crippen molar-refractivity contribution in [1.82, 2.24) is 4.90 Å². The Morgan fingerprint density at radius 3 is 1.53 bits per heavy atom. The van der Waals surface area contributed by atoms with Crippen molar-refractivity contribution < 1.29 is 28.5 Å². The molecule has 7 nitrogen and oxygen atoms in total. The zero-order valence-corrected chi connectivity index (χ0v) is 20.4. The molecule has 0 saturated carbocycles. The third kappa shape index (κ3) is 22.0. The standard InChI is InChI=1S/C23H47NO6/c1-21(2)7-10-24(6)22(25)8-11-26-13-15-28-17-19-30-20-18-29-16-14-27-12-9-23(3,4)5/h21H,7-20H2,1-6H3. The second kappa shape index (κ2) is 19.0. The summed E-state index contributed by atoms with van der Waals surface area (Å²) in [4.78, 5) is 13.7. The van der Waals surface area contributed by atoms with E-state index in [9.17, 15) is 4.79 Å². The summed E-state index contributed by atoms with van der Waals surface area (Å²) < 4.78 is 27.3. The predicted molar refractivity (Wildman–Crippen MR) is 120 cm³/mol. The van der Waals surface area contributed by atoms with Crippen LogP contribution in [-0.2, 0) is 28.5 Å². The lowest BCUT2D eigenvalue weighted by Gasteiger charge is -2.18. The van der Waals surface area contributed by atoms with Gasteiger partial charge in [-0.3, -0.25) is 4.79 Å². The molecular weight excluding hydrogens is 386 g/mol. The molecule has 0 aromatic rings. The molecule has 0 aliphatic carbocycles. The van der Waals surface area contributed by atoms with E-state index in [1.165, 1.54) is 0 Å². The molecule has 0 atom stereocenters. The van der Waals surface area contributed by atoms with Crippen LogP contribution in [0, 0.1) is 11.3 Å². The van der Waals surface area contributed by atoms with Gasteiger partial charge in [0.2, 0.25) is 5.91 Å². The highest BCUT2D eigenvalue weighted by atomic mass is 16.6. The average Bonchev–Trinajstić information content (AvgIpc) is 2.67. The van der Waals surface area contributed by atoms with Gasteiger partial charge in [-0.25, -0.2) is 0 Å². The van der Waals surface area contributed by atoms with Gasteiger partial charge in [-0.2, -0.15) is 0 Å². The minimum absolute atomic E-state index is 0.128. The molecule has 180 valence electrons. The number of amides is 1. The van der Waals surface area contributed by atoms with Crippen molar-refractivity contribution in [3.63, 3.8) is 0 Å². The zero-order valence-electron chi connectivity index (χ0n) is 20.4. The lowest BCUT2D eigenvalue weighted by Crippen LogP contribution is -2.29. The van der Waals surface area contributed by atoms with E-state index in [1.54, 1.807) is 4.90 Å². The fraction of sp³-hybridized carbons (Fsp3) is 0.957. The first-order valence-corrected chi connectivity index (χ1v) is 11.3. The minimum Gasteiger partial charge on any atom is -0.379 e. The van der Waals surface area contributed by atoms with Crippen molar-refractivity contribution in [2.24, 2.45) is 11.3 Å². The summed E-state index contributed by atoms with van der Waals surface area (Å²) >= 11 is 0. The summed E-state index contributed by atoms with van der Waals surface area (Å²) in [7, 11) is 1.85. The predicted octanol–water partition coefficient (Wildman–Crippen LogP) is 3.40. The quantitative estimate of drug-likeness (QED) is 0.274. The molecule has 0 aromatic carbocycles. The van der Waals surface area contributed by atoms with Crippen LogP contribution >= 0.6 is 0 Å². The number of carbonyl (C=O) groups excluding carboxylic acids is 1. The van der Waals surface area contributed by atoms with Crippen molar-refractivity contribution in [3.05, 3.63) is 0 Å². The maximum atomic E-state index is 11.9. The molecule has 0 aliphatic heterocycles. The summed E-state index contributed by atoms with van der Waals surface area (Å²) in [6.45, 7) is 17.3. The number of rotatable bonds is 20. The Hall–Kier alpha value is -0.730. The van der Waals surface area contributed by atoms with Gasteiger partial charge in [-0.1, -0.05) is 34.6 Å². The van der Waals surface area contributed by atoms with Crippen LogP contribution in [0.25, 0.3) is 0 Å². The summed E-state index contributed by atoms with van der Waals surface area (Å²) in [6, 6.07) is 0. The number of nitrogens with zero attached hydrogens (tertiary/aromatic N) is 1. The smallest absolute Gasteiger partial charge is 0.224 e. The van der Waals surface area contributed by atoms with Crippen LogP contribution in [0.1, 0.15) is 53.9 Å². The van der Waals surface area contributed by atoms with Crippen LogP contribution in [0.2, 0.25) is 0 Å². The number of hydrogen-bond donors (Lipinski definition) is 0. The van der Waals surface area contributed by atoms with Crippen LogP contribution in [-0.4, -0.2) is 90.5 Å². The van der Waals surface area contributed by atoms with E-state index in [1.807, 2.05) is 7.05 Å². The van der Waals surface area contributed by atoms with Crippen LogP contribution in [0.3, 0.4) is 0 Å². The van der Waals surface area contributed by atoms with E-state index in [4.69, 9.17) is 23.7 Å². The van der Waals surface area contributed by atoms with E-state index < -0.39 is 0 Å². The van der Waals surface area contributed by atoms with Gasteiger partial charge in [0.05, 0.1) is 65.9 Å². The third-order valence-electron chi connectivity index (χ3n) is 4.41. The number of hydrogen-bond acceptors (Lipinski definition) is 6. The molecule has 0 spiro atoms. The first-order chi connectivity index (χ1) is 14.2. The molecule has 0 N–H and O–H groups in total. The second-order valence-corrected chi connectivity index (χ2v) is 9.12. The molecule has 7 heteroatoms. The van der Waals surface area contributed by atoms with Crippen LogP contribution in [0.4, 0.5) is 0 Å². The maximum Gasteiger partial charge on any atom is 0.224 e. The topological polar surface area (TPSA) is 66.5 Å². The van der Waals surface area contributed by atoms with Gasteiger partial charge >= 0.3 is 0 Å². The fourth-order valence-electron chi connectivity index (χ4n) is 2.29. The molecule has 0 rings (SSSR count). The van der Waals surface area contributed by atoms with Gasteiger partial charge in [-0.15, -0.1) is 0 Å². The number of carbonyl (C=O) groups is 1. The average molecular weight is 434 g/mol. The van der Waals surface area contributed by atoms with Crippen molar-refractivity contribution in [2.75, 3.05) is 79.7 Å². The molecule has 0 heterocycles. The van der Waals surface area contributed by atoms with E-state index >= 15 is 0 Å². The summed E-state index contributed by atoms with van der Waals surface area (Å²) in [5.74, 6) is 0.733. The highest BCUT2D eigenvalue weighted by Gasteiger charge is 2.09. The Labute approximate surface area is 184 Å². The van der Waals surface area contributed by atoms with Gasteiger partial charge in [0.1, 0.15) is 0 Å². The monoisotopic (exact) mass is 433 g/mol. The molecule has 0 saturated heterocycles. The normalized spacial score (nSPS) is 12.0.